The predicted molar refractivity (Wildman–Crippen MR) is 60.6 cm³/mol. The van der Waals surface area contributed by atoms with E-state index >= 15 is 0 Å². The SMILES string of the molecule is C[C@]12CCCOC(c3ccccc3)[C@H]1C2. The van der Waals surface area contributed by atoms with Crippen LogP contribution in [0, 0.1) is 11.3 Å². The lowest BCUT2D eigenvalue weighted by Gasteiger charge is -2.17. The smallest absolute Gasteiger partial charge is 0.0858 e. The summed E-state index contributed by atoms with van der Waals surface area (Å²) < 4.78 is 6.01. The lowest BCUT2D eigenvalue weighted by atomic mass is 9.96. The van der Waals surface area contributed by atoms with Gasteiger partial charge in [0.2, 0.25) is 0 Å². The summed E-state index contributed by atoms with van der Waals surface area (Å²) in [4.78, 5) is 0. The van der Waals surface area contributed by atoms with Crippen LogP contribution in [0.5, 0.6) is 0 Å². The van der Waals surface area contributed by atoms with Crippen LogP contribution in [-0.2, 0) is 4.74 Å². The molecular weight excluding hydrogens is 184 g/mol. The van der Waals surface area contributed by atoms with Crippen molar-refractivity contribution in [3.05, 3.63) is 35.9 Å². The summed E-state index contributed by atoms with van der Waals surface area (Å²) in [5.41, 5.74) is 1.95. The van der Waals surface area contributed by atoms with Gasteiger partial charge in [-0.15, -0.1) is 0 Å². The number of ether oxygens (including phenoxy) is 1. The zero-order valence-corrected chi connectivity index (χ0v) is 9.28. The van der Waals surface area contributed by atoms with Gasteiger partial charge in [-0.05, 0) is 36.2 Å². The maximum absolute atomic E-state index is 6.01. The third kappa shape index (κ3) is 1.59. The Morgan fingerprint density at radius 1 is 1.27 bits per heavy atom. The molecule has 1 aromatic carbocycles. The van der Waals surface area contributed by atoms with Crippen LogP contribution < -0.4 is 0 Å². The Bertz CT molecular complexity index is 346. The van der Waals surface area contributed by atoms with Crippen molar-refractivity contribution in [1.29, 1.82) is 0 Å². The summed E-state index contributed by atoms with van der Waals surface area (Å²) in [7, 11) is 0. The zero-order chi connectivity index (χ0) is 10.3. The first-order valence-corrected chi connectivity index (χ1v) is 5.96. The molecule has 15 heavy (non-hydrogen) atoms. The van der Waals surface area contributed by atoms with Crippen molar-refractivity contribution < 1.29 is 4.74 Å². The Balaban J connectivity index is 1.87. The molecule has 1 saturated carbocycles. The van der Waals surface area contributed by atoms with Crippen molar-refractivity contribution in [3.8, 4) is 0 Å². The molecule has 2 aliphatic rings. The van der Waals surface area contributed by atoms with Gasteiger partial charge in [0.15, 0.2) is 0 Å². The normalized spacial score (nSPS) is 39.3. The molecule has 0 N–H and O–H groups in total. The second kappa shape index (κ2) is 3.34. The molecule has 0 radical (unpaired) electrons. The van der Waals surface area contributed by atoms with E-state index in [1.807, 2.05) is 0 Å². The summed E-state index contributed by atoms with van der Waals surface area (Å²) in [6.07, 6.45) is 4.29. The maximum Gasteiger partial charge on any atom is 0.0858 e. The molecule has 1 unspecified atom stereocenters. The van der Waals surface area contributed by atoms with Gasteiger partial charge in [0.1, 0.15) is 0 Å². The largest absolute Gasteiger partial charge is 0.373 e. The van der Waals surface area contributed by atoms with Crippen molar-refractivity contribution in [2.24, 2.45) is 11.3 Å². The quantitative estimate of drug-likeness (QED) is 0.676. The minimum atomic E-state index is 0.360. The first kappa shape index (κ1) is 9.41. The fraction of sp³-hybridized carbons (Fsp3) is 0.571. The van der Waals surface area contributed by atoms with Crippen molar-refractivity contribution in [2.45, 2.75) is 32.3 Å². The van der Waals surface area contributed by atoms with Crippen LogP contribution >= 0.6 is 0 Å². The lowest BCUT2D eigenvalue weighted by molar-refractivity contribution is 0.0420. The van der Waals surface area contributed by atoms with Crippen molar-refractivity contribution >= 4 is 0 Å². The lowest BCUT2D eigenvalue weighted by Crippen LogP contribution is -2.07. The highest BCUT2D eigenvalue weighted by molar-refractivity contribution is 5.22. The van der Waals surface area contributed by atoms with Crippen molar-refractivity contribution in [2.75, 3.05) is 6.61 Å². The van der Waals surface area contributed by atoms with E-state index in [0.717, 1.165) is 12.5 Å². The minimum Gasteiger partial charge on any atom is -0.373 e. The number of rotatable bonds is 1. The third-order valence-corrected chi connectivity index (χ3v) is 4.10. The Hall–Kier alpha value is -0.820. The Morgan fingerprint density at radius 3 is 2.87 bits per heavy atom. The minimum absolute atomic E-state index is 0.360. The topological polar surface area (TPSA) is 9.23 Å². The average molecular weight is 202 g/mol. The summed E-state index contributed by atoms with van der Waals surface area (Å²) in [5, 5.41) is 0. The molecule has 1 heterocycles. The van der Waals surface area contributed by atoms with Crippen molar-refractivity contribution in [3.63, 3.8) is 0 Å². The molecule has 0 spiro atoms. The maximum atomic E-state index is 6.01. The molecule has 1 aliphatic heterocycles. The van der Waals surface area contributed by atoms with Gasteiger partial charge >= 0.3 is 0 Å². The molecule has 2 fully saturated rings. The molecule has 1 nitrogen and oxygen atoms in total. The van der Waals surface area contributed by atoms with Crippen LogP contribution in [0.3, 0.4) is 0 Å². The summed E-state index contributed by atoms with van der Waals surface area (Å²) in [6, 6.07) is 10.7. The standard InChI is InChI=1S/C14H18O/c1-14-8-5-9-15-13(12(14)10-14)11-6-3-2-4-7-11/h2-4,6-7,12-13H,5,8-10H2,1H3/t12-,13?,14-/m1/s1. The van der Waals surface area contributed by atoms with Crippen LogP contribution in [0.1, 0.15) is 37.9 Å². The molecule has 0 amide bonds. The molecule has 1 aliphatic carbocycles. The summed E-state index contributed by atoms with van der Waals surface area (Å²) in [5.74, 6) is 0.766. The highest BCUT2D eigenvalue weighted by Crippen LogP contribution is 2.63. The highest BCUT2D eigenvalue weighted by Gasteiger charge is 2.55. The van der Waals surface area contributed by atoms with Crippen LogP contribution in [0.4, 0.5) is 0 Å². The van der Waals surface area contributed by atoms with Gasteiger partial charge in [-0.3, -0.25) is 0 Å². The molecule has 3 rings (SSSR count). The van der Waals surface area contributed by atoms with Crippen molar-refractivity contribution in [1.82, 2.24) is 0 Å². The van der Waals surface area contributed by atoms with Gasteiger partial charge < -0.3 is 4.74 Å². The van der Waals surface area contributed by atoms with Gasteiger partial charge in [0.05, 0.1) is 6.10 Å². The number of fused-ring (bicyclic) bond motifs is 1. The van der Waals surface area contributed by atoms with Gasteiger partial charge in [-0.1, -0.05) is 37.3 Å². The zero-order valence-electron chi connectivity index (χ0n) is 9.28. The molecule has 3 atom stereocenters. The average Bonchev–Trinajstić information content (AvgIpc) is 2.92. The first-order chi connectivity index (χ1) is 7.30. The monoisotopic (exact) mass is 202 g/mol. The van der Waals surface area contributed by atoms with E-state index in [1.54, 1.807) is 0 Å². The highest BCUT2D eigenvalue weighted by atomic mass is 16.5. The van der Waals surface area contributed by atoms with Gasteiger partial charge in [0.25, 0.3) is 0 Å². The molecule has 1 saturated heterocycles. The van der Waals surface area contributed by atoms with Gasteiger partial charge in [-0.25, -0.2) is 0 Å². The van der Waals surface area contributed by atoms with Gasteiger partial charge in [0, 0.05) is 6.61 Å². The van der Waals surface area contributed by atoms with E-state index in [-0.39, 0.29) is 0 Å². The fourth-order valence-corrected chi connectivity index (χ4v) is 2.98. The van der Waals surface area contributed by atoms with E-state index in [0.29, 0.717) is 11.5 Å². The molecular formula is C14H18O. The number of hydrogen-bond acceptors (Lipinski definition) is 1. The summed E-state index contributed by atoms with van der Waals surface area (Å²) in [6.45, 7) is 3.36. The first-order valence-electron chi connectivity index (χ1n) is 5.96. The third-order valence-electron chi connectivity index (χ3n) is 4.10. The molecule has 0 bridgehead atoms. The van der Waals surface area contributed by atoms with Crippen LogP contribution in [-0.4, -0.2) is 6.61 Å². The molecule has 1 aromatic rings. The number of benzene rings is 1. The second-order valence-electron chi connectivity index (χ2n) is 5.27. The van der Waals surface area contributed by atoms with Gasteiger partial charge in [-0.2, -0.15) is 0 Å². The summed E-state index contributed by atoms with van der Waals surface area (Å²) >= 11 is 0. The van der Waals surface area contributed by atoms with E-state index < -0.39 is 0 Å². The van der Waals surface area contributed by atoms with E-state index in [4.69, 9.17) is 4.74 Å². The van der Waals surface area contributed by atoms with E-state index in [1.165, 1.54) is 24.8 Å². The Morgan fingerprint density at radius 2 is 2.07 bits per heavy atom. The number of hydrogen-bond donors (Lipinski definition) is 0. The second-order valence-corrected chi connectivity index (χ2v) is 5.27. The van der Waals surface area contributed by atoms with Crippen LogP contribution in [0.15, 0.2) is 30.3 Å². The predicted octanol–water partition coefficient (Wildman–Crippen LogP) is 3.56. The fourth-order valence-electron chi connectivity index (χ4n) is 2.98. The Kier molecular flexibility index (Phi) is 2.10. The molecule has 0 aromatic heterocycles. The van der Waals surface area contributed by atoms with Crippen LogP contribution in [0.25, 0.3) is 0 Å². The molecule has 1 heteroatoms. The van der Waals surface area contributed by atoms with E-state index in [9.17, 15) is 0 Å². The van der Waals surface area contributed by atoms with Crippen LogP contribution in [0.2, 0.25) is 0 Å². The molecule has 80 valence electrons. The van der Waals surface area contributed by atoms with E-state index in [2.05, 4.69) is 37.3 Å². The Labute approximate surface area is 91.5 Å².